The summed E-state index contributed by atoms with van der Waals surface area (Å²) in [4.78, 5) is 15.3. The molecule has 0 bridgehead atoms. The number of hydrogen-bond acceptors (Lipinski definition) is 6. The molecule has 206 valence electrons. The third-order valence-electron chi connectivity index (χ3n) is 6.75. The van der Waals surface area contributed by atoms with E-state index in [1.165, 1.54) is 12.1 Å². The van der Waals surface area contributed by atoms with Crippen LogP contribution in [0.1, 0.15) is 48.1 Å². The highest BCUT2D eigenvalue weighted by Gasteiger charge is 2.27. The molecule has 1 saturated heterocycles. The van der Waals surface area contributed by atoms with Gasteiger partial charge in [-0.15, -0.1) is 5.10 Å². The van der Waals surface area contributed by atoms with Gasteiger partial charge in [0.15, 0.2) is 17.3 Å². The first-order valence-corrected chi connectivity index (χ1v) is 13.7. The molecule has 4 heterocycles. The van der Waals surface area contributed by atoms with E-state index in [1.54, 1.807) is 28.7 Å². The van der Waals surface area contributed by atoms with Gasteiger partial charge in [-0.2, -0.15) is 9.49 Å². The van der Waals surface area contributed by atoms with Gasteiger partial charge in [0.25, 0.3) is 5.91 Å². The number of furan rings is 1. The van der Waals surface area contributed by atoms with Gasteiger partial charge >= 0.3 is 0 Å². The smallest absolute Gasteiger partial charge is 0.289 e. The summed E-state index contributed by atoms with van der Waals surface area (Å²) in [6, 6.07) is 4.70. The molecule has 1 aliphatic heterocycles. The molecule has 4 aromatic rings. The van der Waals surface area contributed by atoms with E-state index in [4.69, 9.17) is 9.15 Å². The number of carbonyl (C=O) groups is 1. The number of halogens is 3. The quantitative estimate of drug-likeness (QED) is 0.265. The van der Waals surface area contributed by atoms with Crippen LogP contribution < -0.4 is 4.74 Å². The van der Waals surface area contributed by atoms with Crippen LogP contribution in [-0.4, -0.2) is 55.3 Å². The Morgan fingerprint density at radius 1 is 1.21 bits per heavy atom. The summed E-state index contributed by atoms with van der Waals surface area (Å²) in [7, 11) is 0. The fourth-order valence-corrected chi connectivity index (χ4v) is 5.23. The minimum Gasteiger partial charge on any atom is -0.491 e. The Morgan fingerprint density at radius 2 is 2.05 bits per heavy atom. The lowest BCUT2D eigenvalue weighted by molar-refractivity contribution is 0.0700. The largest absolute Gasteiger partial charge is 0.491 e. The lowest BCUT2D eigenvalue weighted by Gasteiger charge is -2.24. The third kappa shape index (κ3) is 6.05. The standard InChI is InChI=1S/C27H29BrF2N6O3/c1-3-38-23-8-7-21(24(29)25(23)30)22-16-36(33-32-22)13-18-6-4-5-9-34(12-18)27(37)26-17(2)10-20(39-26)15-35-14-19(28)11-31-35/h7-8,10-11,14,16,18H,3-6,9,12-13,15H2,1-2H3. The van der Waals surface area contributed by atoms with Crippen molar-refractivity contribution in [3.05, 3.63) is 70.0 Å². The van der Waals surface area contributed by atoms with Crippen molar-refractivity contribution in [1.29, 1.82) is 0 Å². The first-order valence-electron chi connectivity index (χ1n) is 12.9. The first-order chi connectivity index (χ1) is 18.8. The molecule has 0 N–H and O–H groups in total. The van der Waals surface area contributed by atoms with Crippen LogP contribution in [0.25, 0.3) is 11.3 Å². The molecule has 1 atom stereocenters. The molecule has 0 spiro atoms. The third-order valence-corrected chi connectivity index (χ3v) is 7.15. The normalized spacial score (nSPS) is 15.9. The maximum absolute atomic E-state index is 14.7. The predicted molar refractivity (Wildman–Crippen MR) is 142 cm³/mol. The van der Waals surface area contributed by atoms with Gasteiger partial charge in [0.2, 0.25) is 5.82 Å². The van der Waals surface area contributed by atoms with E-state index < -0.39 is 11.6 Å². The Labute approximate surface area is 232 Å². The monoisotopic (exact) mass is 602 g/mol. The number of hydrogen-bond donors (Lipinski definition) is 0. The number of carbonyl (C=O) groups excluding carboxylic acids is 1. The number of ether oxygens (including phenoxy) is 1. The van der Waals surface area contributed by atoms with Crippen LogP contribution in [0.2, 0.25) is 0 Å². The molecule has 0 aliphatic carbocycles. The zero-order valence-electron chi connectivity index (χ0n) is 21.7. The van der Waals surface area contributed by atoms with Gasteiger partial charge in [0.05, 0.1) is 30.0 Å². The number of rotatable bonds is 8. The Hall–Kier alpha value is -3.54. The first kappa shape index (κ1) is 27.0. The van der Waals surface area contributed by atoms with E-state index in [2.05, 4.69) is 31.3 Å². The summed E-state index contributed by atoms with van der Waals surface area (Å²) in [5.41, 5.74) is 1.04. The molecule has 1 amide bonds. The summed E-state index contributed by atoms with van der Waals surface area (Å²) in [5.74, 6) is -1.23. The van der Waals surface area contributed by atoms with E-state index in [0.29, 0.717) is 37.7 Å². The number of amides is 1. The fourth-order valence-electron chi connectivity index (χ4n) is 4.90. The topological polar surface area (TPSA) is 91.2 Å². The minimum atomic E-state index is -1.05. The summed E-state index contributed by atoms with van der Waals surface area (Å²) in [6.07, 6.45) is 7.90. The average Bonchev–Trinajstić information content (AvgIpc) is 3.59. The van der Waals surface area contributed by atoms with Crippen LogP contribution in [0.4, 0.5) is 8.78 Å². The summed E-state index contributed by atoms with van der Waals surface area (Å²) < 4.78 is 44.3. The van der Waals surface area contributed by atoms with Crippen molar-refractivity contribution in [1.82, 2.24) is 29.7 Å². The Kier molecular flexibility index (Phi) is 8.10. The van der Waals surface area contributed by atoms with Gasteiger partial charge in [-0.3, -0.25) is 14.2 Å². The van der Waals surface area contributed by atoms with E-state index in [9.17, 15) is 13.6 Å². The molecule has 1 aliphatic rings. The zero-order valence-corrected chi connectivity index (χ0v) is 23.3. The van der Waals surface area contributed by atoms with Gasteiger partial charge in [-0.25, -0.2) is 4.39 Å². The summed E-state index contributed by atoms with van der Waals surface area (Å²) in [5, 5.41) is 12.5. The van der Waals surface area contributed by atoms with E-state index in [-0.39, 0.29) is 35.4 Å². The van der Waals surface area contributed by atoms with E-state index >= 15 is 0 Å². The molecular weight excluding hydrogens is 574 g/mol. The number of benzene rings is 1. The van der Waals surface area contributed by atoms with E-state index in [0.717, 1.165) is 29.3 Å². The van der Waals surface area contributed by atoms with Crippen LogP contribution in [-0.2, 0) is 13.1 Å². The van der Waals surface area contributed by atoms with Gasteiger partial charge in [0, 0.05) is 37.0 Å². The molecule has 0 radical (unpaired) electrons. The lowest BCUT2D eigenvalue weighted by atomic mass is 10.0. The van der Waals surface area contributed by atoms with Crippen molar-refractivity contribution in [3.8, 4) is 17.0 Å². The summed E-state index contributed by atoms with van der Waals surface area (Å²) in [6.45, 7) is 5.89. The Bertz CT molecular complexity index is 1470. The highest BCUT2D eigenvalue weighted by atomic mass is 79.9. The SMILES string of the molecule is CCOc1ccc(-c2cn(CC3CCCCN(C(=O)c4oc(Cn5cc(Br)cn5)cc4C)C3)nn2)c(F)c1F. The molecule has 0 saturated carbocycles. The van der Waals surface area contributed by atoms with Gasteiger partial charge in [0.1, 0.15) is 11.5 Å². The molecule has 1 unspecified atom stereocenters. The second kappa shape index (κ2) is 11.7. The number of nitrogens with zero attached hydrogens (tertiary/aromatic N) is 6. The van der Waals surface area contributed by atoms with Crippen LogP contribution in [0, 0.1) is 24.5 Å². The predicted octanol–water partition coefficient (Wildman–Crippen LogP) is 5.47. The molecule has 39 heavy (non-hydrogen) atoms. The Morgan fingerprint density at radius 3 is 2.82 bits per heavy atom. The van der Waals surface area contributed by atoms with E-state index in [1.807, 2.05) is 24.1 Å². The van der Waals surface area contributed by atoms with Crippen molar-refractivity contribution in [2.24, 2.45) is 5.92 Å². The van der Waals surface area contributed by atoms with Gasteiger partial charge in [-0.1, -0.05) is 11.6 Å². The molecular formula is C27H29BrF2N6O3. The second-order valence-electron chi connectivity index (χ2n) is 9.69. The number of aryl methyl sites for hydroxylation is 1. The van der Waals surface area contributed by atoms with Crippen LogP contribution in [0.3, 0.4) is 0 Å². The molecule has 1 fully saturated rings. The minimum absolute atomic E-state index is 0.0199. The zero-order chi connectivity index (χ0) is 27.5. The van der Waals surface area contributed by atoms with Crippen molar-refractivity contribution in [2.45, 2.75) is 46.2 Å². The molecule has 3 aromatic heterocycles. The molecule has 1 aromatic carbocycles. The summed E-state index contributed by atoms with van der Waals surface area (Å²) >= 11 is 3.38. The van der Waals surface area contributed by atoms with Crippen LogP contribution in [0.15, 0.2) is 45.7 Å². The highest BCUT2D eigenvalue weighted by Crippen LogP contribution is 2.29. The number of likely N-dealkylation sites (tertiary alicyclic amines) is 1. The van der Waals surface area contributed by atoms with Crippen molar-refractivity contribution >= 4 is 21.8 Å². The average molecular weight is 603 g/mol. The van der Waals surface area contributed by atoms with Gasteiger partial charge in [-0.05, 0) is 66.7 Å². The highest BCUT2D eigenvalue weighted by molar-refractivity contribution is 9.10. The van der Waals surface area contributed by atoms with Crippen molar-refractivity contribution in [3.63, 3.8) is 0 Å². The van der Waals surface area contributed by atoms with Crippen molar-refractivity contribution < 1.29 is 22.7 Å². The number of aromatic nitrogens is 5. The lowest BCUT2D eigenvalue weighted by Crippen LogP contribution is -2.35. The molecule has 9 nitrogen and oxygen atoms in total. The molecule has 5 rings (SSSR count). The molecule has 12 heteroatoms. The van der Waals surface area contributed by atoms with Gasteiger partial charge < -0.3 is 14.1 Å². The van der Waals surface area contributed by atoms with Crippen LogP contribution >= 0.6 is 15.9 Å². The Balaban J connectivity index is 1.27. The van der Waals surface area contributed by atoms with Crippen LogP contribution in [0.5, 0.6) is 5.75 Å². The maximum atomic E-state index is 14.7. The maximum Gasteiger partial charge on any atom is 0.289 e. The fraction of sp³-hybridized carbons (Fsp3) is 0.407. The second-order valence-corrected chi connectivity index (χ2v) is 10.6. The van der Waals surface area contributed by atoms with Crippen molar-refractivity contribution in [2.75, 3.05) is 19.7 Å².